The third kappa shape index (κ3) is 5.79. The van der Waals surface area contributed by atoms with Gasteiger partial charge in [-0.05, 0) is 37.4 Å². The minimum Gasteiger partial charge on any atom is -0.492 e. The predicted octanol–water partition coefficient (Wildman–Crippen LogP) is 3.02. The molecule has 0 spiro atoms. The highest BCUT2D eigenvalue weighted by molar-refractivity contribution is 7.89. The van der Waals surface area contributed by atoms with Crippen molar-refractivity contribution in [3.8, 4) is 5.75 Å². The highest BCUT2D eigenvalue weighted by Gasteiger charge is 2.15. The summed E-state index contributed by atoms with van der Waals surface area (Å²) < 4.78 is 46.2. The van der Waals surface area contributed by atoms with Gasteiger partial charge in [-0.25, -0.2) is 17.5 Å². The van der Waals surface area contributed by atoms with Gasteiger partial charge in [0.1, 0.15) is 18.2 Å². The highest BCUT2D eigenvalue weighted by atomic mass is 32.2. The Balaban J connectivity index is 2.01. The van der Waals surface area contributed by atoms with Crippen LogP contribution in [0.1, 0.15) is 19.4 Å². The first-order valence-corrected chi connectivity index (χ1v) is 10.1. The van der Waals surface area contributed by atoms with E-state index in [4.69, 9.17) is 4.74 Å². The van der Waals surface area contributed by atoms with E-state index in [1.165, 1.54) is 18.2 Å². The molecule has 0 aliphatic rings. The molecule has 0 radical (unpaired) electrons. The lowest BCUT2D eigenvalue weighted by Gasteiger charge is -2.19. The van der Waals surface area contributed by atoms with Crippen LogP contribution < -0.4 is 9.46 Å². The Morgan fingerprint density at radius 1 is 1.08 bits per heavy atom. The van der Waals surface area contributed by atoms with E-state index in [0.29, 0.717) is 12.4 Å². The number of halogens is 1. The lowest BCUT2D eigenvalue weighted by Crippen LogP contribution is -2.28. The van der Waals surface area contributed by atoms with Gasteiger partial charge < -0.3 is 9.64 Å². The van der Waals surface area contributed by atoms with Crippen molar-refractivity contribution >= 4 is 10.0 Å². The van der Waals surface area contributed by atoms with Crippen molar-refractivity contribution in [3.63, 3.8) is 0 Å². The average molecular weight is 380 g/mol. The van der Waals surface area contributed by atoms with Gasteiger partial charge in [0.15, 0.2) is 0 Å². The maximum Gasteiger partial charge on any atom is 0.240 e. The number of hydrogen-bond acceptors (Lipinski definition) is 4. The highest BCUT2D eigenvalue weighted by Crippen LogP contribution is 2.19. The standard InChI is InChI=1S/C19H25FN2O3S/c1-3-22(4-2)12-13-25-19-11-6-5-8-16(19)15-21-26(23,24)18-10-7-9-17(20)14-18/h5-11,14,21H,3-4,12-13,15H2,1-2H3. The second-order valence-electron chi connectivity index (χ2n) is 5.76. The van der Waals surface area contributed by atoms with Gasteiger partial charge in [0.05, 0.1) is 4.90 Å². The molecule has 2 aromatic rings. The van der Waals surface area contributed by atoms with Crippen molar-refractivity contribution in [1.82, 2.24) is 9.62 Å². The molecule has 2 aromatic carbocycles. The predicted molar refractivity (Wildman–Crippen MR) is 100 cm³/mol. The Kier molecular flexibility index (Phi) is 7.56. The maximum absolute atomic E-state index is 13.3. The first-order valence-electron chi connectivity index (χ1n) is 8.64. The Bertz CT molecular complexity index is 808. The fourth-order valence-electron chi connectivity index (χ4n) is 2.51. The molecule has 7 heteroatoms. The zero-order valence-electron chi connectivity index (χ0n) is 15.1. The van der Waals surface area contributed by atoms with Gasteiger partial charge in [0.2, 0.25) is 10.0 Å². The summed E-state index contributed by atoms with van der Waals surface area (Å²) in [7, 11) is -3.79. The number of hydrogen-bond donors (Lipinski definition) is 1. The molecule has 26 heavy (non-hydrogen) atoms. The molecule has 0 unspecified atom stereocenters. The first kappa shape index (κ1) is 20.4. The molecule has 5 nitrogen and oxygen atoms in total. The van der Waals surface area contributed by atoms with E-state index in [0.717, 1.165) is 31.3 Å². The number of rotatable bonds is 10. The van der Waals surface area contributed by atoms with Crippen LogP contribution in [0.15, 0.2) is 53.4 Å². The van der Waals surface area contributed by atoms with E-state index in [9.17, 15) is 12.8 Å². The third-order valence-electron chi connectivity index (χ3n) is 4.09. The van der Waals surface area contributed by atoms with Crippen LogP contribution in [0.5, 0.6) is 5.75 Å². The average Bonchev–Trinajstić information content (AvgIpc) is 2.64. The van der Waals surface area contributed by atoms with E-state index >= 15 is 0 Å². The smallest absolute Gasteiger partial charge is 0.240 e. The molecule has 0 aliphatic carbocycles. The van der Waals surface area contributed by atoms with Crippen LogP contribution in [-0.4, -0.2) is 39.6 Å². The van der Waals surface area contributed by atoms with Crippen LogP contribution in [0.3, 0.4) is 0 Å². The van der Waals surface area contributed by atoms with E-state index in [1.807, 2.05) is 18.2 Å². The normalized spacial score (nSPS) is 11.7. The summed E-state index contributed by atoms with van der Waals surface area (Å²) in [6.07, 6.45) is 0. The summed E-state index contributed by atoms with van der Waals surface area (Å²) in [4.78, 5) is 2.15. The van der Waals surface area contributed by atoms with Gasteiger partial charge in [-0.1, -0.05) is 38.1 Å². The maximum atomic E-state index is 13.3. The van der Waals surface area contributed by atoms with E-state index in [1.54, 1.807) is 6.07 Å². The molecule has 0 atom stereocenters. The quantitative estimate of drug-likeness (QED) is 0.688. The monoisotopic (exact) mass is 380 g/mol. The number of nitrogens with zero attached hydrogens (tertiary/aromatic N) is 1. The Hall–Kier alpha value is -1.96. The fourth-order valence-corrected chi connectivity index (χ4v) is 3.54. The molecule has 0 bridgehead atoms. The van der Waals surface area contributed by atoms with Gasteiger partial charge in [0, 0.05) is 18.7 Å². The number of sulfonamides is 1. The summed E-state index contributed by atoms with van der Waals surface area (Å²) in [5, 5.41) is 0. The van der Waals surface area contributed by atoms with E-state index < -0.39 is 15.8 Å². The molecule has 0 saturated heterocycles. The SMILES string of the molecule is CCN(CC)CCOc1ccccc1CNS(=O)(=O)c1cccc(F)c1. The largest absolute Gasteiger partial charge is 0.492 e. The van der Waals surface area contributed by atoms with Gasteiger partial charge in [0.25, 0.3) is 0 Å². The van der Waals surface area contributed by atoms with Crippen LogP contribution in [0.25, 0.3) is 0 Å². The Labute approximate surface area is 154 Å². The number of benzene rings is 2. The lowest BCUT2D eigenvalue weighted by atomic mass is 10.2. The van der Waals surface area contributed by atoms with Gasteiger partial charge in [-0.15, -0.1) is 0 Å². The Morgan fingerprint density at radius 3 is 2.50 bits per heavy atom. The zero-order valence-corrected chi connectivity index (χ0v) is 15.9. The van der Waals surface area contributed by atoms with Crippen LogP contribution in [-0.2, 0) is 16.6 Å². The van der Waals surface area contributed by atoms with E-state index in [2.05, 4.69) is 23.5 Å². The molecule has 0 amide bonds. The minimum atomic E-state index is -3.79. The van der Waals surface area contributed by atoms with E-state index in [-0.39, 0.29) is 11.4 Å². The van der Waals surface area contributed by atoms with Crippen molar-refractivity contribution in [2.24, 2.45) is 0 Å². The van der Waals surface area contributed by atoms with Crippen LogP contribution in [0.4, 0.5) is 4.39 Å². The van der Waals surface area contributed by atoms with Crippen molar-refractivity contribution < 1.29 is 17.5 Å². The number of ether oxygens (including phenoxy) is 1. The molecule has 0 heterocycles. The van der Waals surface area contributed by atoms with Crippen LogP contribution >= 0.6 is 0 Å². The van der Waals surface area contributed by atoms with Crippen molar-refractivity contribution in [3.05, 3.63) is 59.9 Å². The summed E-state index contributed by atoms with van der Waals surface area (Å²) in [5.41, 5.74) is 0.729. The molecule has 1 N–H and O–H groups in total. The molecule has 0 saturated carbocycles. The second-order valence-corrected chi connectivity index (χ2v) is 7.53. The van der Waals surface area contributed by atoms with Crippen molar-refractivity contribution in [1.29, 1.82) is 0 Å². The van der Waals surface area contributed by atoms with Gasteiger partial charge in [-0.2, -0.15) is 0 Å². The summed E-state index contributed by atoms with van der Waals surface area (Å²) >= 11 is 0. The molecule has 0 fully saturated rings. The number of para-hydroxylation sites is 1. The molecular weight excluding hydrogens is 355 g/mol. The topological polar surface area (TPSA) is 58.6 Å². The number of nitrogens with one attached hydrogen (secondary N) is 1. The molecule has 0 aliphatic heterocycles. The fraction of sp³-hybridized carbons (Fsp3) is 0.368. The van der Waals surface area contributed by atoms with Crippen molar-refractivity contribution in [2.75, 3.05) is 26.2 Å². The molecule has 0 aromatic heterocycles. The molecule has 2 rings (SSSR count). The first-order chi connectivity index (χ1) is 12.5. The minimum absolute atomic E-state index is 0.0697. The second kappa shape index (κ2) is 9.66. The molecular formula is C19H25FN2O3S. The van der Waals surface area contributed by atoms with Gasteiger partial charge >= 0.3 is 0 Å². The summed E-state index contributed by atoms with van der Waals surface area (Å²) in [5.74, 6) is 0.0506. The summed E-state index contributed by atoms with van der Waals surface area (Å²) in [6, 6.07) is 12.2. The van der Waals surface area contributed by atoms with Gasteiger partial charge in [-0.3, -0.25) is 0 Å². The third-order valence-corrected chi connectivity index (χ3v) is 5.49. The van der Waals surface area contributed by atoms with Crippen LogP contribution in [0.2, 0.25) is 0 Å². The Morgan fingerprint density at radius 2 is 1.81 bits per heavy atom. The van der Waals surface area contributed by atoms with Crippen molar-refractivity contribution in [2.45, 2.75) is 25.3 Å². The number of likely N-dealkylation sites (N-methyl/N-ethyl adjacent to an activating group) is 1. The summed E-state index contributed by atoms with van der Waals surface area (Å²) in [6.45, 7) is 7.49. The zero-order chi connectivity index (χ0) is 19.0. The lowest BCUT2D eigenvalue weighted by molar-refractivity contribution is 0.221. The molecule has 142 valence electrons. The van der Waals surface area contributed by atoms with Crippen LogP contribution in [0, 0.1) is 5.82 Å².